The van der Waals surface area contributed by atoms with Crippen molar-refractivity contribution in [3.05, 3.63) is 35.4 Å². The van der Waals surface area contributed by atoms with Crippen LogP contribution < -0.4 is 0 Å². The van der Waals surface area contributed by atoms with Crippen molar-refractivity contribution in [2.24, 2.45) is 5.92 Å². The lowest BCUT2D eigenvalue weighted by molar-refractivity contribution is -0.150. The molecule has 0 unspecified atom stereocenters. The van der Waals surface area contributed by atoms with Gasteiger partial charge in [0, 0.05) is 0 Å². The second kappa shape index (κ2) is 6.05. The highest BCUT2D eigenvalue weighted by atomic mass is 16.5. The van der Waals surface area contributed by atoms with Crippen molar-refractivity contribution in [1.29, 1.82) is 0 Å². The molecule has 1 heterocycles. The molecule has 1 aliphatic heterocycles. The maximum Gasteiger partial charge on any atom is 0.329 e. The average Bonchev–Trinajstić information content (AvgIpc) is 2.71. The smallest absolute Gasteiger partial charge is 0.329 e. The normalized spacial score (nSPS) is 15.3. The zero-order valence-electron chi connectivity index (χ0n) is 11.9. The van der Waals surface area contributed by atoms with E-state index < -0.39 is 23.8 Å². The Bertz CT molecular complexity index is 546. The van der Waals surface area contributed by atoms with Gasteiger partial charge < -0.3 is 9.84 Å². The van der Waals surface area contributed by atoms with Crippen LogP contribution in [0.3, 0.4) is 0 Å². The third-order valence-corrected chi connectivity index (χ3v) is 3.31. The molecule has 6 heteroatoms. The molecule has 2 rings (SSSR count). The Balaban J connectivity index is 2.33. The molecule has 0 spiro atoms. The number of fused-ring (bicyclic) bond motifs is 1. The van der Waals surface area contributed by atoms with Crippen LogP contribution in [0.2, 0.25) is 0 Å². The zero-order chi connectivity index (χ0) is 15.6. The number of hydrogen-bond donors (Lipinski definition) is 1. The summed E-state index contributed by atoms with van der Waals surface area (Å²) in [5.74, 6) is -1.96. The van der Waals surface area contributed by atoms with E-state index in [1.54, 1.807) is 38.1 Å². The number of imide groups is 1. The van der Waals surface area contributed by atoms with Crippen LogP contribution in [0.5, 0.6) is 0 Å². The minimum atomic E-state index is -0.996. The lowest BCUT2D eigenvalue weighted by atomic mass is 10.0. The second-order valence-corrected chi connectivity index (χ2v) is 5.11. The summed E-state index contributed by atoms with van der Waals surface area (Å²) in [7, 11) is 0. The van der Waals surface area contributed by atoms with Gasteiger partial charge in [0.05, 0.1) is 17.7 Å². The highest BCUT2D eigenvalue weighted by Gasteiger charge is 2.44. The van der Waals surface area contributed by atoms with Crippen molar-refractivity contribution in [3.63, 3.8) is 0 Å². The minimum absolute atomic E-state index is 0.161. The maximum atomic E-state index is 12.4. The molecule has 1 aliphatic rings. The molecule has 0 radical (unpaired) electrons. The van der Waals surface area contributed by atoms with Crippen LogP contribution in [0.1, 0.15) is 34.6 Å². The SMILES string of the molecule is CC(C)[C@@H](C(=O)OCCO)N1C(=O)c2ccccc2C1=O. The maximum absolute atomic E-state index is 12.4. The number of benzene rings is 1. The number of ether oxygens (including phenoxy) is 1. The minimum Gasteiger partial charge on any atom is -0.462 e. The van der Waals surface area contributed by atoms with Crippen molar-refractivity contribution < 1.29 is 24.2 Å². The zero-order valence-corrected chi connectivity index (χ0v) is 11.9. The first-order valence-electron chi connectivity index (χ1n) is 6.73. The molecule has 2 amide bonds. The average molecular weight is 291 g/mol. The molecular weight excluding hydrogens is 274 g/mol. The number of carbonyl (C=O) groups excluding carboxylic acids is 3. The van der Waals surface area contributed by atoms with Crippen LogP contribution in [0.25, 0.3) is 0 Å². The van der Waals surface area contributed by atoms with Crippen LogP contribution in [0.4, 0.5) is 0 Å². The Morgan fingerprint density at radius 2 is 1.71 bits per heavy atom. The highest BCUT2D eigenvalue weighted by Crippen LogP contribution is 2.27. The first-order valence-corrected chi connectivity index (χ1v) is 6.73. The first kappa shape index (κ1) is 15.2. The van der Waals surface area contributed by atoms with E-state index >= 15 is 0 Å². The highest BCUT2D eigenvalue weighted by molar-refractivity contribution is 6.22. The van der Waals surface area contributed by atoms with Gasteiger partial charge in [-0.25, -0.2) is 4.79 Å². The standard InChI is InChI=1S/C15H17NO5/c1-9(2)12(15(20)21-8-7-17)16-13(18)10-5-3-4-6-11(10)14(16)19/h3-6,9,12,17H,7-8H2,1-2H3/t12-/m0/s1. The quantitative estimate of drug-likeness (QED) is 0.642. The van der Waals surface area contributed by atoms with Gasteiger partial charge in [-0.15, -0.1) is 0 Å². The van der Waals surface area contributed by atoms with E-state index in [2.05, 4.69) is 0 Å². The lowest BCUT2D eigenvalue weighted by Crippen LogP contribution is -2.48. The Morgan fingerprint density at radius 1 is 1.19 bits per heavy atom. The molecule has 0 aromatic heterocycles. The van der Waals surface area contributed by atoms with Gasteiger partial charge >= 0.3 is 5.97 Å². The Kier molecular flexibility index (Phi) is 4.37. The van der Waals surface area contributed by atoms with E-state index in [0.29, 0.717) is 11.1 Å². The number of carbonyl (C=O) groups is 3. The van der Waals surface area contributed by atoms with E-state index in [1.807, 2.05) is 0 Å². The van der Waals surface area contributed by atoms with Gasteiger partial charge in [0.15, 0.2) is 0 Å². The van der Waals surface area contributed by atoms with Gasteiger partial charge in [0.1, 0.15) is 12.6 Å². The van der Waals surface area contributed by atoms with Crippen molar-refractivity contribution in [2.75, 3.05) is 13.2 Å². The van der Waals surface area contributed by atoms with Crippen molar-refractivity contribution >= 4 is 17.8 Å². The number of hydrogen-bond acceptors (Lipinski definition) is 5. The van der Waals surface area contributed by atoms with Crippen molar-refractivity contribution in [1.82, 2.24) is 4.90 Å². The molecule has 0 bridgehead atoms. The van der Waals surface area contributed by atoms with Gasteiger partial charge in [-0.3, -0.25) is 14.5 Å². The molecule has 0 fully saturated rings. The number of amides is 2. The van der Waals surface area contributed by atoms with Gasteiger partial charge in [0.25, 0.3) is 11.8 Å². The summed E-state index contributed by atoms with van der Waals surface area (Å²) in [6.45, 7) is 2.99. The Labute approximate surface area is 122 Å². The van der Waals surface area contributed by atoms with Crippen LogP contribution in [-0.4, -0.2) is 47.0 Å². The summed E-state index contributed by atoms with van der Waals surface area (Å²) >= 11 is 0. The van der Waals surface area contributed by atoms with Crippen LogP contribution >= 0.6 is 0 Å². The van der Waals surface area contributed by atoms with E-state index in [0.717, 1.165) is 4.90 Å². The van der Waals surface area contributed by atoms with E-state index in [9.17, 15) is 14.4 Å². The van der Waals surface area contributed by atoms with Crippen molar-refractivity contribution in [2.45, 2.75) is 19.9 Å². The van der Waals surface area contributed by atoms with E-state index in [-0.39, 0.29) is 19.1 Å². The fraction of sp³-hybridized carbons (Fsp3) is 0.400. The number of esters is 1. The van der Waals surface area contributed by atoms with E-state index in [1.165, 1.54) is 0 Å². The molecule has 0 aliphatic carbocycles. The van der Waals surface area contributed by atoms with Crippen LogP contribution in [0, 0.1) is 5.92 Å². The molecule has 1 aromatic rings. The monoisotopic (exact) mass is 291 g/mol. The fourth-order valence-electron chi connectivity index (χ4n) is 2.37. The largest absolute Gasteiger partial charge is 0.462 e. The molecule has 21 heavy (non-hydrogen) atoms. The summed E-state index contributed by atoms with van der Waals surface area (Å²) < 4.78 is 4.89. The molecule has 1 aromatic carbocycles. The predicted octanol–water partition coefficient (Wildman–Crippen LogP) is 0.843. The molecule has 6 nitrogen and oxygen atoms in total. The van der Waals surface area contributed by atoms with Gasteiger partial charge in [-0.1, -0.05) is 26.0 Å². The summed E-state index contributed by atoms with van der Waals surface area (Å²) in [4.78, 5) is 37.8. The summed E-state index contributed by atoms with van der Waals surface area (Å²) in [5.41, 5.74) is 0.589. The summed E-state index contributed by atoms with van der Waals surface area (Å²) in [6, 6.07) is 5.46. The van der Waals surface area contributed by atoms with Crippen LogP contribution in [0.15, 0.2) is 24.3 Å². The number of nitrogens with zero attached hydrogens (tertiary/aromatic N) is 1. The number of aliphatic hydroxyl groups is 1. The molecule has 112 valence electrons. The Morgan fingerprint density at radius 3 is 2.14 bits per heavy atom. The molecule has 0 saturated heterocycles. The molecule has 1 N–H and O–H groups in total. The third kappa shape index (κ3) is 2.67. The van der Waals surface area contributed by atoms with Gasteiger partial charge in [-0.2, -0.15) is 0 Å². The second-order valence-electron chi connectivity index (χ2n) is 5.11. The lowest BCUT2D eigenvalue weighted by Gasteiger charge is -2.27. The van der Waals surface area contributed by atoms with Crippen molar-refractivity contribution in [3.8, 4) is 0 Å². The van der Waals surface area contributed by atoms with Gasteiger partial charge in [0.2, 0.25) is 0 Å². The van der Waals surface area contributed by atoms with Crippen LogP contribution in [-0.2, 0) is 9.53 Å². The molecule has 0 saturated carbocycles. The number of aliphatic hydroxyl groups excluding tert-OH is 1. The predicted molar refractivity (Wildman–Crippen MR) is 73.6 cm³/mol. The molecular formula is C15H17NO5. The first-order chi connectivity index (χ1) is 9.99. The summed E-state index contributed by atoms with van der Waals surface area (Å²) in [6.07, 6.45) is 0. The van der Waals surface area contributed by atoms with Gasteiger partial charge in [-0.05, 0) is 18.1 Å². The Hall–Kier alpha value is -2.21. The fourth-order valence-corrected chi connectivity index (χ4v) is 2.37. The summed E-state index contributed by atoms with van der Waals surface area (Å²) in [5, 5.41) is 8.72. The number of rotatable bonds is 5. The topological polar surface area (TPSA) is 83.9 Å². The van der Waals surface area contributed by atoms with E-state index in [4.69, 9.17) is 9.84 Å². The third-order valence-electron chi connectivity index (χ3n) is 3.31. The molecule has 1 atom stereocenters.